The number of hydrogen-bond donors (Lipinski definition) is 4. The Labute approximate surface area is 113 Å². The summed E-state index contributed by atoms with van der Waals surface area (Å²) in [5, 5.41) is 24.5. The minimum Gasteiger partial charge on any atom is -0.508 e. The summed E-state index contributed by atoms with van der Waals surface area (Å²) in [5.41, 5.74) is 0.747. The molecular formula is C14H22N2O3. The number of hydrogen-bond acceptors (Lipinski definition) is 3. The molecule has 0 radical (unpaired) electrons. The summed E-state index contributed by atoms with van der Waals surface area (Å²) in [6.45, 7) is 6.44. The molecule has 2 atom stereocenters. The second-order valence-electron chi connectivity index (χ2n) is 4.97. The Morgan fingerprint density at radius 1 is 1.26 bits per heavy atom. The van der Waals surface area contributed by atoms with Crippen molar-refractivity contribution in [3.63, 3.8) is 0 Å². The predicted molar refractivity (Wildman–Crippen MR) is 74.6 cm³/mol. The summed E-state index contributed by atoms with van der Waals surface area (Å²) in [6, 6.07) is 7.03. The van der Waals surface area contributed by atoms with E-state index in [-0.39, 0.29) is 17.7 Å². The maximum atomic E-state index is 10.8. The van der Waals surface area contributed by atoms with E-state index in [9.17, 15) is 9.90 Å². The molecule has 106 valence electrons. The highest BCUT2D eigenvalue weighted by molar-refractivity contribution is 5.65. The molecular weight excluding hydrogens is 244 g/mol. The van der Waals surface area contributed by atoms with E-state index in [0.717, 1.165) is 5.56 Å². The molecule has 4 N–H and O–H groups in total. The zero-order chi connectivity index (χ0) is 14.4. The average Bonchev–Trinajstić information content (AvgIpc) is 2.30. The smallest absolute Gasteiger partial charge is 0.404 e. The van der Waals surface area contributed by atoms with Gasteiger partial charge in [0.1, 0.15) is 5.75 Å². The SMILES string of the molecule is CC(C)NC[C@@H](c1ccccc1O)[C@H](C)NC(=O)O. The lowest BCUT2D eigenvalue weighted by molar-refractivity contribution is 0.188. The predicted octanol–water partition coefficient (Wildman–Crippen LogP) is 2.13. The van der Waals surface area contributed by atoms with Crippen LogP contribution in [-0.2, 0) is 0 Å². The Morgan fingerprint density at radius 2 is 1.89 bits per heavy atom. The van der Waals surface area contributed by atoms with Gasteiger partial charge < -0.3 is 20.8 Å². The molecule has 0 bridgehead atoms. The van der Waals surface area contributed by atoms with Crippen molar-refractivity contribution in [2.24, 2.45) is 0 Å². The van der Waals surface area contributed by atoms with Gasteiger partial charge in [-0.3, -0.25) is 0 Å². The van der Waals surface area contributed by atoms with Crippen LogP contribution in [0, 0.1) is 0 Å². The van der Waals surface area contributed by atoms with Crippen molar-refractivity contribution < 1.29 is 15.0 Å². The van der Waals surface area contributed by atoms with Crippen LogP contribution in [0.1, 0.15) is 32.3 Å². The fourth-order valence-corrected chi connectivity index (χ4v) is 2.02. The molecule has 1 amide bonds. The Morgan fingerprint density at radius 3 is 2.42 bits per heavy atom. The largest absolute Gasteiger partial charge is 0.508 e. The molecule has 5 nitrogen and oxygen atoms in total. The molecule has 0 saturated carbocycles. The summed E-state index contributed by atoms with van der Waals surface area (Å²) >= 11 is 0. The van der Waals surface area contributed by atoms with Gasteiger partial charge in [0.15, 0.2) is 0 Å². The number of carbonyl (C=O) groups is 1. The summed E-state index contributed by atoms with van der Waals surface area (Å²) in [6.07, 6.45) is -1.06. The number of benzene rings is 1. The minimum absolute atomic E-state index is 0.125. The first-order valence-electron chi connectivity index (χ1n) is 6.42. The number of phenolic OH excluding ortho intramolecular Hbond substituents is 1. The molecule has 1 aromatic carbocycles. The van der Waals surface area contributed by atoms with E-state index in [1.54, 1.807) is 19.1 Å². The number of rotatable bonds is 6. The van der Waals surface area contributed by atoms with Gasteiger partial charge in [-0.1, -0.05) is 32.0 Å². The molecule has 0 unspecified atom stereocenters. The van der Waals surface area contributed by atoms with Crippen molar-refractivity contribution >= 4 is 6.09 Å². The zero-order valence-corrected chi connectivity index (χ0v) is 11.6. The van der Waals surface area contributed by atoms with E-state index in [2.05, 4.69) is 10.6 Å². The Kier molecular flexibility index (Phi) is 5.63. The summed E-state index contributed by atoms with van der Waals surface area (Å²) in [7, 11) is 0. The number of nitrogens with one attached hydrogen (secondary N) is 2. The second-order valence-corrected chi connectivity index (χ2v) is 4.97. The quantitative estimate of drug-likeness (QED) is 0.636. The molecule has 0 heterocycles. The molecule has 0 aliphatic rings. The topological polar surface area (TPSA) is 81.6 Å². The van der Waals surface area contributed by atoms with E-state index in [0.29, 0.717) is 12.6 Å². The Balaban J connectivity index is 2.91. The van der Waals surface area contributed by atoms with Crippen LogP contribution in [0.4, 0.5) is 4.79 Å². The van der Waals surface area contributed by atoms with Gasteiger partial charge >= 0.3 is 6.09 Å². The van der Waals surface area contributed by atoms with Gasteiger partial charge in [0, 0.05) is 30.1 Å². The zero-order valence-electron chi connectivity index (χ0n) is 11.6. The molecule has 1 rings (SSSR count). The van der Waals surface area contributed by atoms with Crippen molar-refractivity contribution in [3.8, 4) is 5.75 Å². The normalized spacial score (nSPS) is 14.1. The van der Waals surface area contributed by atoms with Crippen molar-refractivity contribution in [3.05, 3.63) is 29.8 Å². The van der Waals surface area contributed by atoms with Gasteiger partial charge in [-0.15, -0.1) is 0 Å². The van der Waals surface area contributed by atoms with Gasteiger partial charge in [0.25, 0.3) is 0 Å². The van der Waals surface area contributed by atoms with E-state index < -0.39 is 6.09 Å². The first-order valence-corrected chi connectivity index (χ1v) is 6.42. The van der Waals surface area contributed by atoms with Crippen LogP contribution in [0.5, 0.6) is 5.75 Å². The Hall–Kier alpha value is -1.75. The van der Waals surface area contributed by atoms with Crippen LogP contribution in [-0.4, -0.2) is 34.9 Å². The molecule has 0 fully saturated rings. The number of carboxylic acid groups (broad SMARTS) is 1. The molecule has 0 aliphatic heterocycles. The molecule has 0 saturated heterocycles. The van der Waals surface area contributed by atoms with Crippen LogP contribution in [0.3, 0.4) is 0 Å². The lowest BCUT2D eigenvalue weighted by Gasteiger charge is -2.26. The highest BCUT2D eigenvalue weighted by Crippen LogP contribution is 2.27. The van der Waals surface area contributed by atoms with E-state index >= 15 is 0 Å². The molecule has 0 aromatic heterocycles. The van der Waals surface area contributed by atoms with Crippen molar-refractivity contribution in [1.29, 1.82) is 0 Å². The highest BCUT2D eigenvalue weighted by atomic mass is 16.4. The van der Waals surface area contributed by atoms with Gasteiger partial charge in [0.05, 0.1) is 0 Å². The lowest BCUT2D eigenvalue weighted by Crippen LogP contribution is -2.41. The summed E-state index contributed by atoms with van der Waals surface area (Å²) in [5.74, 6) is 0.0665. The van der Waals surface area contributed by atoms with Crippen molar-refractivity contribution in [2.45, 2.75) is 38.8 Å². The van der Waals surface area contributed by atoms with Gasteiger partial charge in [0.2, 0.25) is 0 Å². The van der Waals surface area contributed by atoms with Gasteiger partial charge in [-0.25, -0.2) is 4.79 Å². The monoisotopic (exact) mass is 266 g/mol. The number of para-hydroxylation sites is 1. The third kappa shape index (κ3) is 4.79. The van der Waals surface area contributed by atoms with E-state index in [1.807, 2.05) is 26.0 Å². The number of aromatic hydroxyl groups is 1. The average molecular weight is 266 g/mol. The van der Waals surface area contributed by atoms with E-state index in [4.69, 9.17) is 5.11 Å². The fraction of sp³-hybridized carbons (Fsp3) is 0.500. The van der Waals surface area contributed by atoms with Crippen molar-refractivity contribution in [1.82, 2.24) is 10.6 Å². The third-order valence-corrected chi connectivity index (χ3v) is 3.04. The molecule has 0 spiro atoms. The van der Waals surface area contributed by atoms with Gasteiger partial charge in [-0.2, -0.15) is 0 Å². The molecule has 1 aromatic rings. The van der Waals surface area contributed by atoms with Crippen LogP contribution < -0.4 is 10.6 Å². The van der Waals surface area contributed by atoms with Crippen LogP contribution in [0.2, 0.25) is 0 Å². The molecule has 5 heteroatoms. The molecule has 0 aliphatic carbocycles. The minimum atomic E-state index is -1.06. The second kappa shape index (κ2) is 6.99. The fourth-order valence-electron chi connectivity index (χ4n) is 2.02. The first kappa shape index (κ1) is 15.3. The first-order chi connectivity index (χ1) is 8.91. The van der Waals surface area contributed by atoms with Crippen molar-refractivity contribution in [2.75, 3.05) is 6.54 Å². The van der Waals surface area contributed by atoms with E-state index in [1.165, 1.54) is 0 Å². The Bertz CT molecular complexity index is 421. The van der Waals surface area contributed by atoms with Crippen LogP contribution >= 0.6 is 0 Å². The lowest BCUT2D eigenvalue weighted by atomic mass is 9.91. The van der Waals surface area contributed by atoms with Gasteiger partial charge in [-0.05, 0) is 13.0 Å². The number of phenols is 1. The number of amides is 1. The maximum Gasteiger partial charge on any atom is 0.404 e. The summed E-state index contributed by atoms with van der Waals surface area (Å²) < 4.78 is 0. The molecule has 19 heavy (non-hydrogen) atoms. The summed E-state index contributed by atoms with van der Waals surface area (Å²) in [4.78, 5) is 10.8. The standard InChI is InChI=1S/C14H22N2O3/c1-9(2)15-8-12(10(3)16-14(18)19)11-6-4-5-7-13(11)17/h4-7,9-10,12,15-17H,8H2,1-3H3,(H,18,19)/t10-,12+/m0/s1. The van der Waals surface area contributed by atoms with Crippen LogP contribution in [0.25, 0.3) is 0 Å². The maximum absolute atomic E-state index is 10.8. The van der Waals surface area contributed by atoms with Crippen LogP contribution in [0.15, 0.2) is 24.3 Å². The third-order valence-electron chi connectivity index (χ3n) is 3.04. The highest BCUT2D eigenvalue weighted by Gasteiger charge is 2.23.